The number of urea groups is 1. The predicted molar refractivity (Wildman–Crippen MR) is 94.1 cm³/mol. The highest BCUT2D eigenvalue weighted by Gasteiger charge is 2.37. The first-order chi connectivity index (χ1) is 11.5. The number of aromatic nitrogens is 2. The van der Waals surface area contributed by atoms with Crippen LogP contribution in [0.3, 0.4) is 0 Å². The first kappa shape index (κ1) is 17.3. The number of hydrogen-bond donors (Lipinski definition) is 1. The van der Waals surface area contributed by atoms with E-state index in [4.69, 9.17) is 4.74 Å². The lowest BCUT2D eigenvalue weighted by Crippen LogP contribution is -2.52. The largest absolute Gasteiger partial charge is 0.381 e. The van der Waals surface area contributed by atoms with E-state index in [1.807, 2.05) is 21.8 Å². The van der Waals surface area contributed by atoms with Crippen LogP contribution in [0.2, 0.25) is 0 Å². The Bertz CT molecular complexity index is 563. The highest BCUT2D eigenvalue weighted by atomic mass is 16.5. The van der Waals surface area contributed by atoms with E-state index in [-0.39, 0.29) is 17.6 Å². The van der Waals surface area contributed by atoms with E-state index in [2.05, 4.69) is 24.3 Å². The Morgan fingerprint density at radius 1 is 1.29 bits per heavy atom. The summed E-state index contributed by atoms with van der Waals surface area (Å²) < 4.78 is 7.57. The van der Waals surface area contributed by atoms with Crippen LogP contribution in [0, 0.1) is 5.41 Å². The number of anilines is 1. The molecule has 1 aliphatic carbocycles. The lowest BCUT2D eigenvalue weighted by molar-refractivity contribution is -0.0394. The van der Waals surface area contributed by atoms with E-state index in [1.54, 1.807) is 7.11 Å². The molecule has 1 N–H and O–H groups in total. The Labute approximate surface area is 144 Å². The summed E-state index contributed by atoms with van der Waals surface area (Å²) in [6.45, 7) is 5.72. The topological polar surface area (TPSA) is 59.4 Å². The second-order valence-electron chi connectivity index (χ2n) is 7.83. The lowest BCUT2D eigenvalue weighted by atomic mass is 9.81. The number of ether oxygens (including phenoxy) is 1. The fraction of sp³-hybridized carbons (Fsp3) is 0.778. The van der Waals surface area contributed by atoms with Crippen LogP contribution in [0.1, 0.15) is 58.4 Å². The van der Waals surface area contributed by atoms with Gasteiger partial charge in [0.25, 0.3) is 0 Å². The van der Waals surface area contributed by atoms with Gasteiger partial charge in [0.1, 0.15) is 0 Å². The fourth-order valence-corrected chi connectivity index (χ4v) is 4.09. The Morgan fingerprint density at radius 2 is 2.04 bits per heavy atom. The molecule has 1 saturated carbocycles. The van der Waals surface area contributed by atoms with E-state index < -0.39 is 0 Å². The number of methoxy groups -OCH3 is 1. The normalized spacial score (nSPS) is 24.8. The summed E-state index contributed by atoms with van der Waals surface area (Å²) in [5.74, 6) is 0.650. The molecule has 0 radical (unpaired) electrons. The van der Waals surface area contributed by atoms with E-state index in [0.717, 1.165) is 13.0 Å². The van der Waals surface area contributed by atoms with Gasteiger partial charge in [-0.3, -0.25) is 10.00 Å². The number of amides is 2. The number of rotatable bonds is 3. The van der Waals surface area contributed by atoms with Gasteiger partial charge in [0.05, 0.1) is 12.1 Å². The first-order valence-corrected chi connectivity index (χ1v) is 9.13. The Morgan fingerprint density at radius 3 is 2.71 bits per heavy atom. The number of likely N-dealkylation sites (tertiary alicyclic amines) is 1. The molecule has 1 saturated heterocycles. The van der Waals surface area contributed by atoms with Gasteiger partial charge in [0.15, 0.2) is 5.82 Å². The average Bonchev–Trinajstić information content (AvgIpc) is 3.03. The maximum absolute atomic E-state index is 12.6. The van der Waals surface area contributed by atoms with Crippen LogP contribution in [-0.2, 0) is 4.74 Å². The minimum Gasteiger partial charge on any atom is -0.381 e. The minimum atomic E-state index is -0.0634. The number of nitrogens with zero attached hydrogens (tertiary/aromatic N) is 3. The van der Waals surface area contributed by atoms with E-state index in [0.29, 0.717) is 18.4 Å². The van der Waals surface area contributed by atoms with E-state index in [1.165, 1.54) is 32.1 Å². The third kappa shape index (κ3) is 3.74. The van der Waals surface area contributed by atoms with Crippen LogP contribution in [0.15, 0.2) is 12.3 Å². The number of piperidine rings is 1. The second kappa shape index (κ2) is 7.13. The monoisotopic (exact) mass is 334 g/mol. The zero-order chi connectivity index (χ0) is 17.2. The second-order valence-corrected chi connectivity index (χ2v) is 7.83. The third-order valence-electron chi connectivity index (χ3n) is 5.50. The van der Waals surface area contributed by atoms with Gasteiger partial charge >= 0.3 is 6.03 Å². The molecule has 6 heteroatoms. The van der Waals surface area contributed by atoms with Gasteiger partial charge in [-0.1, -0.05) is 33.1 Å². The molecule has 3 rings (SSSR count). The summed E-state index contributed by atoms with van der Waals surface area (Å²) in [7, 11) is 1.75. The van der Waals surface area contributed by atoms with Crippen molar-refractivity contribution in [2.75, 3.05) is 25.5 Å². The van der Waals surface area contributed by atoms with Crippen molar-refractivity contribution in [1.29, 1.82) is 0 Å². The number of hydrogen-bond acceptors (Lipinski definition) is 3. The van der Waals surface area contributed by atoms with E-state index in [9.17, 15) is 4.79 Å². The molecule has 0 spiro atoms. The Kier molecular flexibility index (Phi) is 5.13. The maximum Gasteiger partial charge on any atom is 0.323 e. The highest BCUT2D eigenvalue weighted by Crippen LogP contribution is 2.31. The van der Waals surface area contributed by atoms with Gasteiger partial charge in [-0.25, -0.2) is 4.79 Å². The number of nitrogens with one attached hydrogen (secondary N) is 1. The van der Waals surface area contributed by atoms with E-state index >= 15 is 0 Å². The van der Waals surface area contributed by atoms with Crippen molar-refractivity contribution in [2.24, 2.45) is 5.41 Å². The van der Waals surface area contributed by atoms with Crippen molar-refractivity contribution in [3.8, 4) is 0 Å². The minimum absolute atomic E-state index is 0.0359. The molecule has 2 aliphatic rings. The summed E-state index contributed by atoms with van der Waals surface area (Å²) in [5.41, 5.74) is -0.0359. The van der Waals surface area contributed by atoms with Crippen molar-refractivity contribution >= 4 is 11.8 Å². The summed E-state index contributed by atoms with van der Waals surface area (Å²) in [5, 5.41) is 7.53. The molecule has 2 fully saturated rings. The standard InChI is InChI=1S/C18H30N4O2/c1-18(2)13-21(11-9-15(18)24-3)17(23)19-16-10-12-22(20-16)14-7-5-4-6-8-14/h10,12,14-15H,4-9,11,13H2,1-3H3,(H,19,20,23). The summed E-state index contributed by atoms with van der Waals surface area (Å²) >= 11 is 0. The number of carbonyl (C=O) groups excluding carboxylic acids is 1. The molecular weight excluding hydrogens is 304 g/mol. The molecule has 134 valence electrons. The van der Waals surface area contributed by atoms with Crippen LogP contribution in [0.5, 0.6) is 0 Å². The molecule has 1 atom stereocenters. The van der Waals surface area contributed by atoms with Crippen LogP contribution in [0.25, 0.3) is 0 Å². The maximum atomic E-state index is 12.6. The molecule has 1 aromatic heterocycles. The summed E-state index contributed by atoms with van der Waals surface area (Å²) in [6.07, 6.45) is 9.31. The van der Waals surface area contributed by atoms with Crippen LogP contribution < -0.4 is 5.32 Å². The van der Waals surface area contributed by atoms with Crippen molar-refractivity contribution in [3.05, 3.63) is 12.3 Å². The Balaban J connectivity index is 1.58. The molecular formula is C18H30N4O2. The van der Waals surface area contributed by atoms with Gasteiger partial charge < -0.3 is 9.64 Å². The van der Waals surface area contributed by atoms with Crippen molar-refractivity contribution in [1.82, 2.24) is 14.7 Å². The lowest BCUT2D eigenvalue weighted by Gasteiger charge is -2.43. The van der Waals surface area contributed by atoms with Gasteiger partial charge in [-0.05, 0) is 19.3 Å². The predicted octanol–water partition coefficient (Wildman–Crippen LogP) is 3.67. The third-order valence-corrected chi connectivity index (χ3v) is 5.50. The average molecular weight is 334 g/mol. The molecule has 1 aliphatic heterocycles. The zero-order valence-electron chi connectivity index (χ0n) is 15.1. The van der Waals surface area contributed by atoms with Crippen LogP contribution in [0.4, 0.5) is 10.6 Å². The van der Waals surface area contributed by atoms with Crippen LogP contribution >= 0.6 is 0 Å². The zero-order valence-corrected chi connectivity index (χ0v) is 15.1. The van der Waals surface area contributed by atoms with Gasteiger partial charge in [0, 0.05) is 37.9 Å². The molecule has 0 aromatic carbocycles. The highest BCUT2D eigenvalue weighted by molar-refractivity contribution is 5.88. The SMILES string of the molecule is COC1CCN(C(=O)Nc2ccn(C3CCCCC3)n2)CC1(C)C. The van der Waals surface area contributed by atoms with Crippen LogP contribution in [-0.4, -0.2) is 47.0 Å². The molecule has 0 bridgehead atoms. The first-order valence-electron chi connectivity index (χ1n) is 9.13. The molecule has 2 amide bonds. The molecule has 1 aromatic rings. The van der Waals surface area contributed by atoms with Gasteiger partial charge in [0.2, 0.25) is 0 Å². The quantitative estimate of drug-likeness (QED) is 0.917. The summed E-state index contributed by atoms with van der Waals surface area (Å²) in [4.78, 5) is 14.4. The molecule has 2 heterocycles. The smallest absolute Gasteiger partial charge is 0.323 e. The summed E-state index contributed by atoms with van der Waals surface area (Å²) in [6, 6.07) is 2.33. The molecule has 6 nitrogen and oxygen atoms in total. The molecule has 24 heavy (non-hydrogen) atoms. The van der Waals surface area contributed by atoms with Gasteiger partial charge in [-0.2, -0.15) is 5.10 Å². The Hall–Kier alpha value is -1.56. The van der Waals surface area contributed by atoms with Crippen molar-refractivity contribution in [3.63, 3.8) is 0 Å². The fourth-order valence-electron chi connectivity index (χ4n) is 4.09. The van der Waals surface area contributed by atoms with Crippen molar-refractivity contribution in [2.45, 2.75) is 64.5 Å². The van der Waals surface area contributed by atoms with Crippen molar-refractivity contribution < 1.29 is 9.53 Å². The van der Waals surface area contributed by atoms with Gasteiger partial charge in [-0.15, -0.1) is 0 Å². The molecule has 1 unspecified atom stereocenters. The number of carbonyl (C=O) groups is 1.